The monoisotopic (exact) mass is 961 g/mol. The molecule has 0 aromatic heterocycles. The van der Waals surface area contributed by atoms with E-state index in [1.165, 1.54) is 263 Å². The maximum atomic E-state index is 12.8. The molecule has 0 aromatic carbocycles. The molecule has 404 valence electrons. The van der Waals surface area contributed by atoms with E-state index in [-0.39, 0.29) is 31.1 Å². The SMILES string of the molecule is CCCCCCCCCCCCCCCCCCCCCCCCCCCC(=O)OCC(COC(=O)CCCCCCCCCCCCC)OC(=O)CCCCCCCCCCCCCCCC. The van der Waals surface area contributed by atoms with Crippen LogP contribution in [0.1, 0.15) is 361 Å². The first-order chi connectivity index (χ1) is 33.5. The zero-order valence-corrected chi connectivity index (χ0v) is 46.4. The zero-order valence-electron chi connectivity index (χ0n) is 46.4. The van der Waals surface area contributed by atoms with Gasteiger partial charge in [0.05, 0.1) is 0 Å². The molecule has 0 saturated heterocycles. The second kappa shape index (κ2) is 58.0. The first-order valence-corrected chi connectivity index (χ1v) is 31.0. The van der Waals surface area contributed by atoms with Gasteiger partial charge in [0, 0.05) is 19.3 Å². The van der Waals surface area contributed by atoms with Crippen molar-refractivity contribution in [2.45, 2.75) is 367 Å². The molecular weight excluding hydrogens is 841 g/mol. The smallest absolute Gasteiger partial charge is 0.306 e. The van der Waals surface area contributed by atoms with Crippen LogP contribution >= 0.6 is 0 Å². The van der Waals surface area contributed by atoms with Gasteiger partial charge >= 0.3 is 17.9 Å². The highest BCUT2D eigenvalue weighted by Gasteiger charge is 2.19. The minimum Gasteiger partial charge on any atom is -0.462 e. The van der Waals surface area contributed by atoms with Crippen LogP contribution in [0.3, 0.4) is 0 Å². The molecule has 0 saturated carbocycles. The summed E-state index contributed by atoms with van der Waals surface area (Å²) in [5, 5.41) is 0. The fourth-order valence-corrected chi connectivity index (χ4v) is 9.68. The van der Waals surface area contributed by atoms with Crippen LogP contribution in [0, 0.1) is 0 Å². The molecule has 1 atom stereocenters. The van der Waals surface area contributed by atoms with E-state index in [0.29, 0.717) is 19.3 Å². The highest BCUT2D eigenvalue weighted by atomic mass is 16.6. The summed E-state index contributed by atoms with van der Waals surface area (Å²) < 4.78 is 16.9. The molecule has 68 heavy (non-hydrogen) atoms. The first-order valence-electron chi connectivity index (χ1n) is 31.0. The van der Waals surface area contributed by atoms with Crippen molar-refractivity contribution >= 4 is 17.9 Å². The number of esters is 3. The number of ether oxygens (including phenoxy) is 3. The minimum atomic E-state index is -0.761. The Morgan fingerprint density at radius 3 is 0.588 bits per heavy atom. The van der Waals surface area contributed by atoms with E-state index in [1.54, 1.807) is 0 Å². The van der Waals surface area contributed by atoms with E-state index in [9.17, 15) is 14.4 Å². The molecule has 0 aromatic rings. The van der Waals surface area contributed by atoms with Gasteiger partial charge in [-0.05, 0) is 19.3 Å². The van der Waals surface area contributed by atoms with Crippen molar-refractivity contribution in [3.8, 4) is 0 Å². The van der Waals surface area contributed by atoms with Crippen LogP contribution in [-0.2, 0) is 28.6 Å². The van der Waals surface area contributed by atoms with Crippen LogP contribution in [-0.4, -0.2) is 37.2 Å². The number of unbranched alkanes of at least 4 members (excludes halogenated alkanes) is 47. The van der Waals surface area contributed by atoms with Crippen molar-refractivity contribution in [3.05, 3.63) is 0 Å². The summed E-state index contributed by atoms with van der Waals surface area (Å²) in [4.78, 5) is 38.1. The molecule has 0 heterocycles. The maximum Gasteiger partial charge on any atom is 0.306 e. The normalized spacial score (nSPS) is 11.9. The Balaban J connectivity index is 4.13. The largest absolute Gasteiger partial charge is 0.462 e. The standard InChI is InChI=1S/C62H120O6/c1-4-7-10-13-16-19-22-24-26-27-28-29-30-31-32-33-34-35-36-38-40-43-46-49-52-55-61(64)67-58-59(57-66-60(63)54-51-48-45-42-39-21-18-15-12-9-6-3)68-62(65)56-53-50-47-44-41-37-25-23-20-17-14-11-8-5-2/h59H,4-58H2,1-3H3. The molecule has 0 bridgehead atoms. The average Bonchev–Trinajstić information content (AvgIpc) is 3.34. The van der Waals surface area contributed by atoms with Crippen molar-refractivity contribution in [2.24, 2.45) is 0 Å². The summed E-state index contributed by atoms with van der Waals surface area (Å²) in [6.07, 6.45) is 65.4. The molecule has 0 rings (SSSR count). The number of rotatable bonds is 58. The van der Waals surface area contributed by atoms with Gasteiger partial charge in [-0.1, -0.05) is 323 Å². The summed E-state index contributed by atoms with van der Waals surface area (Å²) in [7, 11) is 0. The van der Waals surface area contributed by atoms with E-state index < -0.39 is 6.10 Å². The van der Waals surface area contributed by atoms with E-state index >= 15 is 0 Å². The second-order valence-electron chi connectivity index (χ2n) is 21.3. The Morgan fingerprint density at radius 1 is 0.235 bits per heavy atom. The molecule has 0 aliphatic heterocycles. The number of hydrogen-bond acceptors (Lipinski definition) is 6. The summed E-state index contributed by atoms with van der Waals surface area (Å²) in [6, 6.07) is 0. The van der Waals surface area contributed by atoms with Gasteiger partial charge in [0.1, 0.15) is 13.2 Å². The molecule has 0 radical (unpaired) electrons. The lowest BCUT2D eigenvalue weighted by Crippen LogP contribution is -2.30. The van der Waals surface area contributed by atoms with Gasteiger partial charge < -0.3 is 14.2 Å². The molecule has 0 N–H and O–H groups in total. The lowest BCUT2D eigenvalue weighted by Gasteiger charge is -2.18. The fourth-order valence-electron chi connectivity index (χ4n) is 9.68. The minimum absolute atomic E-state index is 0.0610. The molecular formula is C62H120O6. The number of carbonyl (C=O) groups is 3. The highest BCUT2D eigenvalue weighted by Crippen LogP contribution is 2.18. The quantitative estimate of drug-likeness (QED) is 0.0343. The van der Waals surface area contributed by atoms with Crippen molar-refractivity contribution in [1.29, 1.82) is 0 Å². The topological polar surface area (TPSA) is 78.9 Å². The van der Waals surface area contributed by atoms with Crippen LogP contribution < -0.4 is 0 Å². The summed E-state index contributed by atoms with van der Waals surface area (Å²) in [5.41, 5.74) is 0. The Hall–Kier alpha value is -1.59. The lowest BCUT2D eigenvalue weighted by atomic mass is 10.0. The highest BCUT2D eigenvalue weighted by molar-refractivity contribution is 5.71. The Bertz CT molecular complexity index is 1010. The first kappa shape index (κ1) is 66.4. The van der Waals surface area contributed by atoms with Gasteiger partial charge in [0.15, 0.2) is 6.10 Å². The summed E-state index contributed by atoms with van der Waals surface area (Å²) >= 11 is 0. The molecule has 0 amide bonds. The van der Waals surface area contributed by atoms with Crippen LogP contribution in [0.2, 0.25) is 0 Å². The van der Waals surface area contributed by atoms with Crippen molar-refractivity contribution in [3.63, 3.8) is 0 Å². The lowest BCUT2D eigenvalue weighted by molar-refractivity contribution is -0.167. The second-order valence-corrected chi connectivity index (χ2v) is 21.3. The predicted molar refractivity (Wildman–Crippen MR) is 294 cm³/mol. The van der Waals surface area contributed by atoms with Crippen molar-refractivity contribution in [2.75, 3.05) is 13.2 Å². The molecule has 0 spiro atoms. The third-order valence-corrected chi connectivity index (χ3v) is 14.4. The van der Waals surface area contributed by atoms with Crippen LogP contribution in [0.25, 0.3) is 0 Å². The van der Waals surface area contributed by atoms with E-state index in [4.69, 9.17) is 14.2 Å². The van der Waals surface area contributed by atoms with Gasteiger partial charge in [-0.2, -0.15) is 0 Å². The molecule has 6 nitrogen and oxygen atoms in total. The summed E-state index contributed by atoms with van der Waals surface area (Å²) in [6.45, 7) is 6.70. The Kier molecular flexibility index (Phi) is 56.6. The Morgan fingerprint density at radius 2 is 0.397 bits per heavy atom. The maximum absolute atomic E-state index is 12.8. The van der Waals surface area contributed by atoms with E-state index in [0.717, 1.165) is 57.8 Å². The van der Waals surface area contributed by atoms with E-state index in [2.05, 4.69) is 20.8 Å². The van der Waals surface area contributed by atoms with Crippen LogP contribution in [0.5, 0.6) is 0 Å². The van der Waals surface area contributed by atoms with Gasteiger partial charge in [0.25, 0.3) is 0 Å². The summed E-state index contributed by atoms with van der Waals surface area (Å²) in [5.74, 6) is -0.832. The Labute approximate surface area is 425 Å². The average molecular weight is 962 g/mol. The third kappa shape index (κ3) is 55.3. The van der Waals surface area contributed by atoms with Crippen LogP contribution in [0.4, 0.5) is 0 Å². The van der Waals surface area contributed by atoms with Gasteiger partial charge in [0.2, 0.25) is 0 Å². The predicted octanol–water partition coefficient (Wildman–Crippen LogP) is 20.7. The fraction of sp³-hybridized carbons (Fsp3) is 0.952. The molecule has 1 unspecified atom stereocenters. The van der Waals surface area contributed by atoms with Gasteiger partial charge in [-0.15, -0.1) is 0 Å². The molecule has 0 fully saturated rings. The van der Waals surface area contributed by atoms with Gasteiger partial charge in [-0.3, -0.25) is 14.4 Å². The van der Waals surface area contributed by atoms with Crippen molar-refractivity contribution < 1.29 is 28.6 Å². The van der Waals surface area contributed by atoms with Crippen LogP contribution in [0.15, 0.2) is 0 Å². The third-order valence-electron chi connectivity index (χ3n) is 14.4. The number of carbonyl (C=O) groups excluding carboxylic acids is 3. The molecule has 0 aliphatic carbocycles. The zero-order chi connectivity index (χ0) is 49.3. The van der Waals surface area contributed by atoms with Gasteiger partial charge in [-0.25, -0.2) is 0 Å². The van der Waals surface area contributed by atoms with Crippen molar-refractivity contribution in [1.82, 2.24) is 0 Å². The number of hydrogen-bond donors (Lipinski definition) is 0. The molecule has 6 heteroatoms. The molecule has 0 aliphatic rings. The van der Waals surface area contributed by atoms with E-state index in [1.807, 2.05) is 0 Å².